The number of hydrogen-bond acceptors (Lipinski definition) is 4. The largest absolute Gasteiger partial charge is 0.504 e. The van der Waals surface area contributed by atoms with E-state index in [9.17, 15) is 9.90 Å². The Labute approximate surface area is 126 Å². The first-order valence-electron chi connectivity index (χ1n) is 7.37. The Morgan fingerprint density at radius 2 is 2.10 bits per heavy atom. The third-order valence-corrected chi connectivity index (χ3v) is 3.15. The van der Waals surface area contributed by atoms with Crippen LogP contribution in [0.3, 0.4) is 0 Å². The van der Waals surface area contributed by atoms with Crippen LogP contribution in [0, 0.1) is 5.92 Å². The van der Waals surface area contributed by atoms with Crippen LogP contribution in [-0.2, 0) is 11.3 Å². The van der Waals surface area contributed by atoms with Crippen molar-refractivity contribution in [2.45, 2.75) is 39.8 Å². The molecule has 5 heteroatoms. The SMILES string of the molecule is CCOc1cc(CNC(CC(C)C)C(=O)NC)ccc1O. The number of carbonyl (C=O) groups excluding carboxylic acids is 1. The second-order valence-electron chi connectivity index (χ2n) is 5.41. The van der Waals surface area contributed by atoms with Crippen LogP contribution in [0.1, 0.15) is 32.8 Å². The molecule has 0 saturated heterocycles. The number of benzene rings is 1. The van der Waals surface area contributed by atoms with Crippen LogP contribution >= 0.6 is 0 Å². The van der Waals surface area contributed by atoms with E-state index in [4.69, 9.17) is 4.74 Å². The first-order chi connectivity index (χ1) is 9.97. The Bertz CT molecular complexity index is 461. The molecule has 0 saturated carbocycles. The Morgan fingerprint density at radius 3 is 2.67 bits per heavy atom. The van der Waals surface area contributed by atoms with E-state index in [1.54, 1.807) is 19.2 Å². The lowest BCUT2D eigenvalue weighted by Gasteiger charge is -2.19. The highest BCUT2D eigenvalue weighted by Crippen LogP contribution is 2.26. The van der Waals surface area contributed by atoms with E-state index < -0.39 is 0 Å². The van der Waals surface area contributed by atoms with Gasteiger partial charge in [-0.3, -0.25) is 4.79 Å². The molecule has 5 nitrogen and oxygen atoms in total. The Morgan fingerprint density at radius 1 is 1.38 bits per heavy atom. The number of carbonyl (C=O) groups is 1. The summed E-state index contributed by atoms with van der Waals surface area (Å²) in [6, 6.07) is 5.00. The van der Waals surface area contributed by atoms with Gasteiger partial charge in [-0.2, -0.15) is 0 Å². The number of hydrogen-bond donors (Lipinski definition) is 3. The number of amides is 1. The predicted octanol–water partition coefficient (Wildman–Crippen LogP) is 2.04. The van der Waals surface area contributed by atoms with Crippen molar-refractivity contribution in [3.05, 3.63) is 23.8 Å². The summed E-state index contributed by atoms with van der Waals surface area (Å²) in [5.41, 5.74) is 0.967. The lowest BCUT2D eigenvalue weighted by atomic mass is 10.0. The average molecular weight is 294 g/mol. The zero-order valence-electron chi connectivity index (χ0n) is 13.3. The van der Waals surface area contributed by atoms with Crippen molar-refractivity contribution in [3.8, 4) is 11.5 Å². The number of ether oxygens (including phenoxy) is 1. The second kappa shape index (κ2) is 8.52. The van der Waals surface area contributed by atoms with Crippen molar-refractivity contribution in [2.24, 2.45) is 5.92 Å². The number of rotatable bonds is 8. The minimum Gasteiger partial charge on any atom is -0.504 e. The molecule has 0 fully saturated rings. The maximum atomic E-state index is 11.9. The number of phenols is 1. The zero-order valence-corrected chi connectivity index (χ0v) is 13.3. The first kappa shape index (κ1) is 17.3. The number of aromatic hydroxyl groups is 1. The molecule has 1 aromatic carbocycles. The van der Waals surface area contributed by atoms with Crippen molar-refractivity contribution in [2.75, 3.05) is 13.7 Å². The molecular weight excluding hydrogens is 268 g/mol. The van der Waals surface area contributed by atoms with Crippen LogP contribution in [-0.4, -0.2) is 30.7 Å². The van der Waals surface area contributed by atoms with Gasteiger partial charge in [-0.15, -0.1) is 0 Å². The standard InChI is InChI=1S/C16H26N2O3/c1-5-21-15-9-12(6-7-14(15)19)10-18-13(8-11(2)3)16(20)17-4/h6-7,9,11,13,18-19H,5,8,10H2,1-4H3,(H,17,20). The summed E-state index contributed by atoms with van der Waals surface area (Å²) in [4.78, 5) is 11.9. The highest BCUT2D eigenvalue weighted by atomic mass is 16.5. The average Bonchev–Trinajstić information content (AvgIpc) is 2.45. The molecule has 1 unspecified atom stereocenters. The van der Waals surface area contributed by atoms with E-state index in [1.165, 1.54) is 0 Å². The van der Waals surface area contributed by atoms with E-state index in [-0.39, 0.29) is 17.7 Å². The minimum atomic E-state index is -0.223. The van der Waals surface area contributed by atoms with E-state index in [0.717, 1.165) is 12.0 Å². The van der Waals surface area contributed by atoms with Crippen LogP contribution in [0.2, 0.25) is 0 Å². The molecular formula is C16H26N2O3. The van der Waals surface area contributed by atoms with E-state index in [2.05, 4.69) is 24.5 Å². The number of nitrogens with one attached hydrogen (secondary N) is 2. The molecule has 0 aliphatic rings. The Kier molecular flexibility index (Phi) is 7.02. The summed E-state index contributed by atoms with van der Waals surface area (Å²) in [5, 5.41) is 15.6. The van der Waals surface area contributed by atoms with Gasteiger partial charge in [0.05, 0.1) is 12.6 Å². The molecule has 0 bridgehead atoms. The van der Waals surface area contributed by atoms with Crippen molar-refractivity contribution < 1.29 is 14.6 Å². The van der Waals surface area contributed by atoms with Gasteiger partial charge >= 0.3 is 0 Å². The van der Waals surface area contributed by atoms with Crippen LogP contribution in [0.5, 0.6) is 11.5 Å². The van der Waals surface area contributed by atoms with Crippen LogP contribution in [0.15, 0.2) is 18.2 Å². The molecule has 21 heavy (non-hydrogen) atoms. The zero-order chi connectivity index (χ0) is 15.8. The molecule has 0 aromatic heterocycles. The molecule has 0 spiro atoms. The molecule has 0 aliphatic carbocycles. The van der Waals surface area contributed by atoms with Crippen molar-refractivity contribution >= 4 is 5.91 Å². The van der Waals surface area contributed by atoms with Gasteiger partial charge in [-0.05, 0) is 37.0 Å². The normalized spacial score (nSPS) is 12.2. The van der Waals surface area contributed by atoms with Gasteiger partial charge in [-0.25, -0.2) is 0 Å². The fourth-order valence-electron chi connectivity index (χ4n) is 2.11. The second-order valence-corrected chi connectivity index (χ2v) is 5.41. The molecule has 3 N–H and O–H groups in total. The molecule has 1 aromatic rings. The summed E-state index contributed by atoms with van der Waals surface area (Å²) in [6.07, 6.45) is 0.774. The lowest BCUT2D eigenvalue weighted by molar-refractivity contribution is -0.123. The monoisotopic (exact) mass is 294 g/mol. The van der Waals surface area contributed by atoms with Crippen molar-refractivity contribution in [1.29, 1.82) is 0 Å². The van der Waals surface area contributed by atoms with Gasteiger partial charge in [0.2, 0.25) is 5.91 Å². The van der Waals surface area contributed by atoms with E-state index >= 15 is 0 Å². The van der Waals surface area contributed by atoms with Crippen molar-refractivity contribution in [3.63, 3.8) is 0 Å². The highest BCUT2D eigenvalue weighted by Gasteiger charge is 2.18. The van der Waals surface area contributed by atoms with Gasteiger partial charge in [-0.1, -0.05) is 19.9 Å². The summed E-state index contributed by atoms with van der Waals surface area (Å²) >= 11 is 0. The molecule has 118 valence electrons. The van der Waals surface area contributed by atoms with E-state index in [0.29, 0.717) is 24.8 Å². The van der Waals surface area contributed by atoms with Crippen LogP contribution in [0.4, 0.5) is 0 Å². The maximum Gasteiger partial charge on any atom is 0.236 e. The summed E-state index contributed by atoms with van der Waals surface area (Å²) < 4.78 is 5.36. The molecule has 0 aliphatic heterocycles. The van der Waals surface area contributed by atoms with E-state index in [1.807, 2.05) is 13.0 Å². The maximum absolute atomic E-state index is 11.9. The fraction of sp³-hybridized carbons (Fsp3) is 0.562. The lowest BCUT2D eigenvalue weighted by Crippen LogP contribution is -2.43. The van der Waals surface area contributed by atoms with Crippen LogP contribution in [0.25, 0.3) is 0 Å². The fourth-order valence-corrected chi connectivity index (χ4v) is 2.11. The summed E-state index contributed by atoms with van der Waals surface area (Å²) in [5.74, 6) is 1.02. The summed E-state index contributed by atoms with van der Waals surface area (Å²) in [7, 11) is 1.64. The minimum absolute atomic E-state index is 0.00694. The van der Waals surface area contributed by atoms with Gasteiger partial charge in [0.15, 0.2) is 11.5 Å². The topological polar surface area (TPSA) is 70.6 Å². The molecule has 1 rings (SSSR count). The third kappa shape index (κ3) is 5.63. The van der Waals surface area contributed by atoms with Gasteiger partial charge < -0.3 is 20.5 Å². The smallest absolute Gasteiger partial charge is 0.236 e. The van der Waals surface area contributed by atoms with Crippen molar-refractivity contribution in [1.82, 2.24) is 10.6 Å². The molecule has 1 amide bonds. The number of phenolic OH excluding ortho intramolecular Hbond substituents is 1. The number of likely N-dealkylation sites (N-methyl/N-ethyl adjacent to an activating group) is 1. The molecule has 1 atom stereocenters. The predicted molar refractivity (Wildman–Crippen MR) is 83.4 cm³/mol. The van der Waals surface area contributed by atoms with Crippen LogP contribution < -0.4 is 15.4 Å². The quantitative estimate of drug-likeness (QED) is 0.686. The summed E-state index contributed by atoms with van der Waals surface area (Å²) in [6.45, 7) is 7.09. The van der Waals surface area contributed by atoms with Gasteiger partial charge in [0.1, 0.15) is 0 Å². The van der Waals surface area contributed by atoms with Gasteiger partial charge in [0.25, 0.3) is 0 Å². The molecule has 0 radical (unpaired) electrons. The molecule has 0 heterocycles. The van der Waals surface area contributed by atoms with Gasteiger partial charge in [0, 0.05) is 13.6 Å². The highest BCUT2D eigenvalue weighted by molar-refractivity contribution is 5.81. The Balaban J connectivity index is 2.70. The third-order valence-electron chi connectivity index (χ3n) is 3.15. The first-order valence-corrected chi connectivity index (χ1v) is 7.37. The Hall–Kier alpha value is -1.75.